The Hall–Kier alpha value is -3.71. The summed E-state index contributed by atoms with van der Waals surface area (Å²) in [6, 6.07) is 17.7. The Morgan fingerprint density at radius 1 is 1.03 bits per heavy atom. The SMILES string of the molecule is CC(C)c1cnn2c(NCc3ccccc3C3=Cc4ccccc4C3)nc(OC3CCN(C)CC3)nc12. The number of aromatic nitrogens is 4. The molecule has 190 valence electrons. The van der Waals surface area contributed by atoms with Crippen LogP contribution in [0.5, 0.6) is 6.01 Å². The highest BCUT2D eigenvalue weighted by atomic mass is 16.5. The van der Waals surface area contributed by atoms with Crippen LogP contribution < -0.4 is 10.1 Å². The first-order chi connectivity index (χ1) is 18.0. The summed E-state index contributed by atoms with van der Waals surface area (Å²) in [5.41, 5.74) is 8.42. The molecule has 2 aliphatic rings. The van der Waals surface area contributed by atoms with Crippen LogP contribution in [0.4, 0.5) is 5.95 Å². The van der Waals surface area contributed by atoms with Gasteiger partial charge in [-0.2, -0.15) is 19.6 Å². The summed E-state index contributed by atoms with van der Waals surface area (Å²) in [5.74, 6) is 0.950. The summed E-state index contributed by atoms with van der Waals surface area (Å²) >= 11 is 0. The van der Waals surface area contributed by atoms with Gasteiger partial charge in [0.25, 0.3) is 0 Å². The van der Waals surface area contributed by atoms with Crippen molar-refractivity contribution in [3.05, 3.63) is 82.5 Å². The van der Waals surface area contributed by atoms with E-state index < -0.39 is 0 Å². The Labute approximate surface area is 218 Å². The molecule has 0 amide bonds. The van der Waals surface area contributed by atoms with Gasteiger partial charge in [-0.25, -0.2) is 0 Å². The van der Waals surface area contributed by atoms with Crippen molar-refractivity contribution in [1.29, 1.82) is 0 Å². The average molecular weight is 495 g/mol. The van der Waals surface area contributed by atoms with E-state index in [9.17, 15) is 0 Å². The number of ether oxygens (including phenoxy) is 1. The van der Waals surface area contributed by atoms with E-state index in [-0.39, 0.29) is 6.10 Å². The Kier molecular flexibility index (Phi) is 6.38. The van der Waals surface area contributed by atoms with Crippen molar-refractivity contribution in [1.82, 2.24) is 24.5 Å². The van der Waals surface area contributed by atoms with Gasteiger partial charge in [-0.15, -0.1) is 0 Å². The second kappa shape index (κ2) is 9.98. The largest absolute Gasteiger partial charge is 0.460 e. The van der Waals surface area contributed by atoms with Gasteiger partial charge < -0.3 is 15.0 Å². The van der Waals surface area contributed by atoms with Crippen molar-refractivity contribution < 1.29 is 4.74 Å². The Balaban J connectivity index is 1.28. The smallest absolute Gasteiger partial charge is 0.322 e. The topological polar surface area (TPSA) is 67.6 Å². The molecule has 1 fully saturated rings. The van der Waals surface area contributed by atoms with Crippen LogP contribution in [0.2, 0.25) is 0 Å². The molecule has 0 unspecified atom stereocenters. The van der Waals surface area contributed by atoms with E-state index in [1.54, 1.807) is 0 Å². The molecule has 0 atom stereocenters. The minimum atomic E-state index is 0.133. The van der Waals surface area contributed by atoms with Crippen LogP contribution in [-0.2, 0) is 13.0 Å². The van der Waals surface area contributed by atoms with Gasteiger partial charge in [-0.1, -0.05) is 68.5 Å². The molecule has 7 nitrogen and oxygen atoms in total. The van der Waals surface area contributed by atoms with Crippen LogP contribution in [0.15, 0.2) is 54.7 Å². The number of nitrogens with one attached hydrogen (secondary N) is 1. The number of piperidine rings is 1. The zero-order chi connectivity index (χ0) is 25.4. The van der Waals surface area contributed by atoms with Crippen molar-refractivity contribution in [2.24, 2.45) is 0 Å². The minimum absolute atomic E-state index is 0.133. The predicted molar refractivity (Wildman–Crippen MR) is 148 cm³/mol. The fraction of sp³-hybridized carbons (Fsp3) is 0.367. The second-order valence-corrected chi connectivity index (χ2v) is 10.5. The lowest BCUT2D eigenvalue weighted by molar-refractivity contribution is 0.105. The number of hydrogen-bond donors (Lipinski definition) is 1. The molecule has 3 heterocycles. The molecule has 2 aromatic heterocycles. The van der Waals surface area contributed by atoms with E-state index >= 15 is 0 Å². The van der Waals surface area contributed by atoms with Crippen molar-refractivity contribution in [3.8, 4) is 6.01 Å². The van der Waals surface area contributed by atoms with Gasteiger partial charge in [0.1, 0.15) is 6.10 Å². The van der Waals surface area contributed by atoms with E-state index in [0.717, 1.165) is 43.6 Å². The molecule has 1 aliphatic carbocycles. The van der Waals surface area contributed by atoms with Gasteiger partial charge in [-0.3, -0.25) is 0 Å². The van der Waals surface area contributed by atoms with Crippen LogP contribution in [0.1, 0.15) is 60.4 Å². The predicted octanol–water partition coefficient (Wildman–Crippen LogP) is 5.43. The summed E-state index contributed by atoms with van der Waals surface area (Å²) in [4.78, 5) is 11.9. The monoisotopic (exact) mass is 494 g/mol. The minimum Gasteiger partial charge on any atom is -0.460 e. The van der Waals surface area contributed by atoms with Crippen LogP contribution in [0, 0.1) is 0 Å². The Morgan fingerprint density at radius 3 is 2.62 bits per heavy atom. The van der Waals surface area contributed by atoms with E-state index in [1.165, 1.54) is 27.8 Å². The molecule has 0 saturated carbocycles. The maximum absolute atomic E-state index is 6.31. The van der Waals surface area contributed by atoms with Gasteiger partial charge in [0.2, 0.25) is 5.95 Å². The second-order valence-electron chi connectivity index (χ2n) is 10.5. The van der Waals surface area contributed by atoms with Crippen molar-refractivity contribution in [2.75, 3.05) is 25.5 Å². The molecule has 0 radical (unpaired) electrons. The number of anilines is 1. The molecule has 2 aromatic carbocycles. The van der Waals surface area contributed by atoms with Gasteiger partial charge in [0, 0.05) is 25.2 Å². The van der Waals surface area contributed by atoms with Crippen molar-refractivity contribution >= 4 is 23.2 Å². The highest BCUT2D eigenvalue weighted by Gasteiger charge is 2.22. The summed E-state index contributed by atoms with van der Waals surface area (Å²) in [7, 11) is 2.15. The number of rotatable bonds is 7. The quantitative estimate of drug-likeness (QED) is 0.370. The molecular weight excluding hydrogens is 460 g/mol. The van der Waals surface area contributed by atoms with Gasteiger partial charge in [0.05, 0.1) is 6.20 Å². The van der Waals surface area contributed by atoms with Crippen LogP contribution in [0.25, 0.3) is 17.3 Å². The lowest BCUT2D eigenvalue weighted by atomic mass is 9.98. The summed E-state index contributed by atoms with van der Waals surface area (Å²) in [6.45, 7) is 7.00. The van der Waals surface area contributed by atoms with Gasteiger partial charge >= 0.3 is 6.01 Å². The Bertz CT molecular complexity index is 1450. The first kappa shape index (κ1) is 23.7. The highest BCUT2D eigenvalue weighted by molar-refractivity contribution is 5.89. The summed E-state index contributed by atoms with van der Waals surface area (Å²) in [5, 5.41) is 8.19. The average Bonchev–Trinajstić information content (AvgIpc) is 3.53. The van der Waals surface area contributed by atoms with Crippen molar-refractivity contribution in [2.45, 2.75) is 51.7 Å². The van der Waals surface area contributed by atoms with Gasteiger partial charge in [0.15, 0.2) is 5.65 Å². The van der Waals surface area contributed by atoms with E-state index in [4.69, 9.17) is 14.7 Å². The highest BCUT2D eigenvalue weighted by Crippen LogP contribution is 2.33. The maximum Gasteiger partial charge on any atom is 0.322 e. The molecule has 1 saturated heterocycles. The summed E-state index contributed by atoms with van der Waals surface area (Å²) < 4.78 is 8.12. The van der Waals surface area contributed by atoms with Crippen LogP contribution in [-0.4, -0.2) is 50.7 Å². The molecule has 1 aliphatic heterocycles. The zero-order valence-electron chi connectivity index (χ0n) is 21.8. The third kappa shape index (κ3) is 4.83. The molecule has 1 N–H and O–H groups in total. The first-order valence-electron chi connectivity index (χ1n) is 13.3. The lowest BCUT2D eigenvalue weighted by Gasteiger charge is -2.28. The van der Waals surface area contributed by atoms with Gasteiger partial charge in [-0.05, 0) is 60.1 Å². The molecule has 4 aromatic rings. The fourth-order valence-corrected chi connectivity index (χ4v) is 5.32. The number of likely N-dealkylation sites (tertiary alicyclic amines) is 1. The number of hydrogen-bond acceptors (Lipinski definition) is 6. The van der Waals surface area contributed by atoms with Crippen molar-refractivity contribution in [3.63, 3.8) is 0 Å². The zero-order valence-corrected chi connectivity index (χ0v) is 21.8. The number of nitrogens with zero attached hydrogens (tertiary/aromatic N) is 5. The third-order valence-corrected chi connectivity index (χ3v) is 7.50. The number of fused-ring (bicyclic) bond motifs is 2. The van der Waals surface area contributed by atoms with Crippen LogP contribution >= 0.6 is 0 Å². The van der Waals surface area contributed by atoms with Crippen LogP contribution in [0.3, 0.4) is 0 Å². The standard InChI is InChI=1S/C30H34N6O/c1-20(2)27-19-32-36-28(27)33-30(37-25-12-14-35(3)15-13-25)34-29(36)31-18-23-10-6-7-11-26(23)24-16-21-8-4-5-9-22(21)17-24/h4-11,16,19-20,25H,12-15,17-18H2,1-3H3,(H,31,33,34). The maximum atomic E-state index is 6.31. The Morgan fingerprint density at radius 2 is 1.81 bits per heavy atom. The van der Waals surface area contributed by atoms with E-state index in [2.05, 4.69) is 90.8 Å². The van der Waals surface area contributed by atoms with E-state index in [1.807, 2.05) is 10.7 Å². The summed E-state index contributed by atoms with van der Waals surface area (Å²) in [6.07, 6.45) is 7.26. The number of allylic oxidation sites excluding steroid dienone is 1. The van der Waals surface area contributed by atoms with E-state index in [0.29, 0.717) is 24.4 Å². The lowest BCUT2D eigenvalue weighted by Crippen LogP contribution is -2.36. The fourth-order valence-electron chi connectivity index (χ4n) is 5.32. The molecule has 6 rings (SSSR count). The molecule has 0 bridgehead atoms. The number of benzene rings is 2. The molecule has 7 heteroatoms. The first-order valence-corrected chi connectivity index (χ1v) is 13.3. The third-order valence-electron chi connectivity index (χ3n) is 7.50. The molecular formula is C30H34N6O. The normalized spacial score (nSPS) is 16.3. The molecule has 0 spiro atoms. The molecule has 37 heavy (non-hydrogen) atoms.